The second kappa shape index (κ2) is 4.98. The van der Waals surface area contributed by atoms with Crippen molar-refractivity contribution >= 4 is 29.0 Å². The van der Waals surface area contributed by atoms with Crippen LogP contribution in [-0.2, 0) is 9.53 Å². The largest absolute Gasteiger partial charge is 0.469 e. The van der Waals surface area contributed by atoms with Gasteiger partial charge in [-0.25, -0.2) is 4.98 Å². The fourth-order valence-corrected chi connectivity index (χ4v) is 1.88. The zero-order valence-corrected chi connectivity index (χ0v) is 9.49. The van der Waals surface area contributed by atoms with Crippen LogP contribution in [0.3, 0.4) is 0 Å². The van der Waals surface area contributed by atoms with Gasteiger partial charge in [0.2, 0.25) is 0 Å². The number of pyridine rings is 1. The summed E-state index contributed by atoms with van der Waals surface area (Å²) in [5, 5.41) is 0.526. The van der Waals surface area contributed by atoms with Crippen LogP contribution in [0, 0.1) is 0 Å². The molecule has 84 valence electrons. The van der Waals surface area contributed by atoms with Gasteiger partial charge < -0.3 is 9.15 Å². The number of nitrogens with zero attached hydrogens (tertiary/aromatic N) is 2. The Kier molecular flexibility index (Phi) is 3.40. The minimum atomic E-state index is -0.235. The fraction of sp³-hybridized carbons (Fsp3) is 0.300. The van der Waals surface area contributed by atoms with Gasteiger partial charge >= 0.3 is 5.97 Å². The lowest BCUT2D eigenvalue weighted by Crippen LogP contribution is -2.00. The molecule has 0 saturated heterocycles. The van der Waals surface area contributed by atoms with Gasteiger partial charge in [0.05, 0.1) is 13.5 Å². The summed E-state index contributed by atoms with van der Waals surface area (Å²) in [4.78, 5) is 19.1. The lowest BCUT2D eigenvalue weighted by molar-refractivity contribution is -0.140. The van der Waals surface area contributed by atoms with Gasteiger partial charge in [0.25, 0.3) is 5.22 Å². The number of rotatable bonds is 4. The van der Waals surface area contributed by atoms with E-state index in [1.165, 1.54) is 18.9 Å². The molecule has 0 aliphatic carbocycles. The van der Waals surface area contributed by atoms with Crippen molar-refractivity contribution in [3.8, 4) is 0 Å². The summed E-state index contributed by atoms with van der Waals surface area (Å²) >= 11 is 1.37. The predicted octanol–water partition coefficient (Wildman–Crippen LogP) is 1.88. The number of esters is 1. The Hall–Kier alpha value is -1.56. The summed E-state index contributed by atoms with van der Waals surface area (Å²) in [6.07, 6.45) is 2.00. The van der Waals surface area contributed by atoms with Crippen molar-refractivity contribution < 1.29 is 13.9 Å². The molecular formula is C10H10N2O3S. The van der Waals surface area contributed by atoms with E-state index < -0.39 is 0 Å². The highest BCUT2D eigenvalue weighted by Crippen LogP contribution is 2.22. The number of carbonyl (C=O) groups excluding carboxylic acids is 1. The first-order chi connectivity index (χ1) is 7.79. The molecule has 2 rings (SSSR count). The first-order valence-corrected chi connectivity index (χ1v) is 5.69. The SMILES string of the molecule is COC(=O)CCSc1nc2ncccc2o1. The molecule has 0 aliphatic rings. The quantitative estimate of drug-likeness (QED) is 0.598. The standard InChI is InChI=1S/C10H10N2O3S/c1-14-8(13)4-6-16-10-12-9-7(15-10)3-2-5-11-9/h2-3,5H,4,6H2,1H3. The van der Waals surface area contributed by atoms with Gasteiger partial charge in [0, 0.05) is 11.9 Å². The molecule has 2 aromatic rings. The third-order valence-electron chi connectivity index (χ3n) is 1.90. The zero-order chi connectivity index (χ0) is 11.4. The molecule has 0 saturated carbocycles. The highest BCUT2D eigenvalue weighted by molar-refractivity contribution is 7.99. The average molecular weight is 238 g/mol. The van der Waals surface area contributed by atoms with E-state index in [0.717, 1.165) is 0 Å². The van der Waals surface area contributed by atoms with Gasteiger partial charge in [-0.3, -0.25) is 4.79 Å². The number of carbonyl (C=O) groups is 1. The molecule has 0 spiro atoms. The highest BCUT2D eigenvalue weighted by Gasteiger charge is 2.07. The Morgan fingerprint density at radius 3 is 3.25 bits per heavy atom. The maximum atomic E-state index is 10.9. The molecule has 0 N–H and O–H groups in total. The lowest BCUT2D eigenvalue weighted by atomic mass is 10.5. The maximum Gasteiger partial charge on any atom is 0.306 e. The van der Waals surface area contributed by atoms with E-state index in [0.29, 0.717) is 28.6 Å². The van der Waals surface area contributed by atoms with Crippen LogP contribution in [0.4, 0.5) is 0 Å². The molecule has 0 fully saturated rings. The molecular weight excluding hydrogens is 228 g/mol. The molecule has 0 atom stereocenters. The second-order valence-electron chi connectivity index (χ2n) is 2.98. The number of hydrogen-bond acceptors (Lipinski definition) is 6. The minimum absolute atomic E-state index is 0.235. The van der Waals surface area contributed by atoms with Crippen molar-refractivity contribution in [2.24, 2.45) is 0 Å². The van der Waals surface area contributed by atoms with Crippen molar-refractivity contribution in [1.82, 2.24) is 9.97 Å². The van der Waals surface area contributed by atoms with E-state index in [1.807, 2.05) is 0 Å². The number of hydrogen-bond donors (Lipinski definition) is 0. The second-order valence-corrected chi connectivity index (χ2v) is 4.03. The van der Waals surface area contributed by atoms with Crippen molar-refractivity contribution in [2.75, 3.05) is 12.9 Å². The van der Waals surface area contributed by atoms with Crippen molar-refractivity contribution in [1.29, 1.82) is 0 Å². The van der Waals surface area contributed by atoms with E-state index in [-0.39, 0.29) is 5.97 Å². The Labute approximate surface area is 96.2 Å². The third kappa shape index (κ3) is 2.52. The number of oxazole rings is 1. The maximum absolute atomic E-state index is 10.9. The predicted molar refractivity (Wildman–Crippen MR) is 59.2 cm³/mol. The van der Waals surface area contributed by atoms with Crippen LogP contribution >= 0.6 is 11.8 Å². The zero-order valence-electron chi connectivity index (χ0n) is 8.67. The average Bonchev–Trinajstić information content (AvgIpc) is 2.71. The van der Waals surface area contributed by atoms with Gasteiger partial charge in [-0.15, -0.1) is 0 Å². The summed E-state index contributed by atoms with van der Waals surface area (Å²) in [5.41, 5.74) is 1.24. The van der Waals surface area contributed by atoms with Gasteiger partial charge in [0.1, 0.15) is 0 Å². The highest BCUT2D eigenvalue weighted by atomic mass is 32.2. The van der Waals surface area contributed by atoms with Crippen LogP contribution in [0.5, 0.6) is 0 Å². The summed E-state index contributed by atoms with van der Waals surface area (Å²) in [5.74, 6) is 0.348. The van der Waals surface area contributed by atoms with E-state index >= 15 is 0 Å². The van der Waals surface area contributed by atoms with E-state index in [2.05, 4.69) is 14.7 Å². The number of fused-ring (bicyclic) bond motifs is 1. The van der Waals surface area contributed by atoms with Crippen LogP contribution in [0.1, 0.15) is 6.42 Å². The first-order valence-electron chi connectivity index (χ1n) is 4.71. The van der Waals surface area contributed by atoms with Crippen molar-refractivity contribution in [3.05, 3.63) is 18.3 Å². The molecule has 16 heavy (non-hydrogen) atoms. The normalized spacial score (nSPS) is 10.6. The van der Waals surface area contributed by atoms with Crippen LogP contribution in [0.15, 0.2) is 28.0 Å². The van der Waals surface area contributed by atoms with E-state index in [1.54, 1.807) is 18.3 Å². The van der Waals surface area contributed by atoms with Crippen LogP contribution in [0.25, 0.3) is 11.2 Å². The van der Waals surface area contributed by atoms with Gasteiger partial charge in [0.15, 0.2) is 11.2 Å². The van der Waals surface area contributed by atoms with Crippen LogP contribution < -0.4 is 0 Å². The van der Waals surface area contributed by atoms with Crippen LogP contribution in [0.2, 0.25) is 0 Å². The first kappa shape index (κ1) is 10.9. The Bertz CT molecular complexity index is 465. The van der Waals surface area contributed by atoms with E-state index in [9.17, 15) is 4.79 Å². The number of thioether (sulfide) groups is 1. The Morgan fingerprint density at radius 1 is 1.62 bits per heavy atom. The summed E-state index contributed by atoms with van der Waals surface area (Å²) in [6, 6.07) is 3.59. The fourth-order valence-electron chi connectivity index (χ4n) is 1.13. The Balaban J connectivity index is 1.97. The van der Waals surface area contributed by atoms with Crippen molar-refractivity contribution in [3.63, 3.8) is 0 Å². The monoisotopic (exact) mass is 238 g/mol. The molecule has 2 heterocycles. The lowest BCUT2D eigenvalue weighted by Gasteiger charge is -1.95. The minimum Gasteiger partial charge on any atom is -0.469 e. The van der Waals surface area contributed by atoms with Gasteiger partial charge in [-0.05, 0) is 12.1 Å². The molecule has 0 amide bonds. The number of ether oxygens (including phenoxy) is 1. The van der Waals surface area contributed by atoms with Gasteiger partial charge in [-0.1, -0.05) is 11.8 Å². The van der Waals surface area contributed by atoms with Crippen molar-refractivity contribution in [2.45, 2.75) is 11.6 Å². The summed E-state index contributed by atoms with van der Waals surface area (Å²) in [7, 11) is 1.37. The molecule has 6 heteroatoms. The molecule has 0 bridgehead atoms. The molecule has 2 aromatic heterocycles. The number of methoxy groups -OCH3 is 1. The molecule has 0 aliphatic heterocycles. The molecule has 5 nitrogen and oxygen atoms in total. The topological polar surface area (TPSA) is 65.2 Å². The molecule has 0 radical (unpaired) electrons. The molecule has 0 aromatic carbocycles. The summed E-state index contributed by atoms with van der Waals surface area (Å²) < 4.78 is 9.95. The van der Waals surface area contributed by atoms with E-state index in [4.69, 9.17) is 4.42 Å². The Morgan fingerprint density at radius 2 is 2.50 bits per heavy atom. The third-order valence-corrected chi connectivity index (χ3v) is 2.73. The van der Waals surface area contributed by atoms with Crippen LogP contribution in [-0.4, -0.2) is 28.8 Å². The number of aromatic nitrogens is 2. The smallest absolute Gasteiger partial charge is 0.306 e. The van der Waals surface area contributed by atoms with Gasteiger partial charge in [-0.2, -0.15) is 4.98 Å². The molecule has 0 unspecified atom stereocenters. The summed E-state index contributed by atoms with van der Waals surface area (Å²) in [6.45, 7) is 0.